The van der Waals surface area contributed by atoms with E-state index in [1.54, 1.807) is 22.4 Å². The van der Waals surface area contributed by atoms with Crippen molar-refractivity contribution in [3.8, 4) is 9.88 Å². The summed E-state index contributed by atoms with van der Waals surface area (Å²) >= 11 is 2.87. The molecule has 3 aromatic heterocycles. The number of hydrogen-bond acceptors (Lipinski definition) is 9. The molecule has 0 atom stereocenters. The van der Waals surface area contributed by atoms with Crippen molar-refractivity contribution in [3.05, 3.63) is 45.7 Å². The highest BCUT2D eigenvalue weighted by atomic mass is 32.2. The number of amides is 1. The molecule has 0 radical (unpaired) electrons. The predicted molar refractivity (Wildman–Crippen MR) is 120 cm³/mol. The molecule has 4 heterocycles. The van der Waals surface area contributed by atoms with Gasteiger partial charge >= 0.3 is 5.97 Å². The van der Waals surface area contributed by atoms with Crippen molar-refractivity contribution in [1.29, 1.82) is 0 Å². The van der Waals surface area contributed by atoms with Crippen LogP contribution in [-0.4, -0.2) is 67.8 Å². The molecule has 12 heteroatoms. The first kappa shape index (κ1) is 22.6. The standard InChI is InChI=1S/C20H21N3O6S3/c1-12-16(20(25)28-3)17(13(2)29-12)32(26,27)23-8-6-22(7-9-23)19(24)15-11-21-18(31-15)14-5-4-10-30-14/h4-5,10-11H,6-9H2,1-3H3. The second-order valence-electron chi connectivity index (χ2n) is 7.11. The summed E-state index contributed by atoms with van der Waals surface area (Å²) in [4.78, 5) is 32.4. The summed E-state index contributed by atoms with van der Waals surface area (Å²) in [5.74, 6) is -0.618. The lowest BCUT2D eigenvalue weighted by molar-refractivity contribution is 0.0594. The maximum atomic E-state index is 13.3. The van der Waals surface area contributed by atoms with E-state index in [0.29, 0.717) is 4.88 Å². The molecule has 1 saturated heterocycles. The first-order chi connectivity index (χ1) is 15.2. The average molecular weight is 496 g/mol. The zero-order valence-electron chi connectivity index (χ0n) is 17.7. The topological polar surface area (TPSA) is 110 Å². The molecular weight excluding hydrogens is 474 g/mol. The Bertz CT molecular complexity index is 1250. The highest BCUT2D eigenvalue weighted by Gasteiger charge is 2.37. The van der Waals surface area contributed by atoms with Crippen LogP contribution in [0.3, 0.4) is 0 Å². The van der Waals surface area contributed by atoms with Gasteiger partial charge in [0.1, 0.15) is 31.9 Å². The number of carbonyl (C=O) groups is 2. The lowest BCUT2D eigenvalue weighted by Crippen LogP contribution is -2.50. The summed E-state index contributed by atoms with van der Waals surface area (Å²) in [6.45, 7) is 3.70. The Balaban J connectivity index is 1.49. The normalized spacial score (nSPS) is 15.2. The number of aromatic nitrogens is 1. The fourth-order valence-corrected chi connectivity index (χ4v) is 7.10. The quantitative estimate of drug-likeness (QED) is 0.501. The molecule has 1 aliphatic rings. The number of ether oxygens (including phenoxy) is 1. The highest BCUT2D eigenvalue weighted by Crippen LogP contribution is 2.32. The van der Waals surface area contributed by atoms with Crippen molar-refractivity contribution >= 4 is 44.6 Å². The van der Waals surface area contributed by atoms with E-state index in [9.17, 15) is 18.0 Å². The van der Waals surface area contributed by atoms with Crippen molar-refractivity contribution in [2.45, 2.75) is 18.7 Å². The van der Waals surface area contributed by atoms with Gasteiger partial charge in [-0.1, -0.05) is 6.07 Å². The van der Waals surface area contributed by atoms with Crippen LogP contribution < -0.4 is 0 Å². The molecule has 4 rings (SSSR count). The third-order valence-corrected chi connectivity index (χ3v) is 9.24. The van der Waals surface area contributed by atoms with E-state index in [-0.39, 0.29) is 54.1 Å². The van der Waals surface area contributed by atoms with Gasteiger partial charge in [0.25, 0.3) is 5.91 Å². The number of sulfonamides is 1. The lowest BCUT2D eigenvalue weighted by atomic mass is 10.2. The van der Waals surface area contributed by atoms with E-state index < -0.39 is 16.0 Å². The molecular formula is C20H21N3O6S3. The molecule has 0 aliphatic carbocycles. The molecule has 0 bridgehead atoms. The molecule has 0 aromatic carbocycles. The molecule has 170 valence electrons. The third-order valence-electron chi connectivity index (χ3n) is 5.17. The van der Waals surface area contributed by atoms with E-state index in [2.05, 4.69) is 4.98 Å². The largest absolute Gasteiger partial charge is 0.465 e. The maximum absolute atomic E-state index is 13.3. The van der Waals surface area contributed by atoms with Crippen LogP contribution in [-0.2, 0) is 14.8 Å². The summed E-state index contributed by atoms with van der Waals surface area (Å²) in [5, 5.41) is 2.73. The Morgan fingerprint density at radius 2 is 1.88 bits per heavy atom. The first-order valence-electron chi connectivity index (χ1n) is 9.71. The van der Waals surface area contributed by atoms with Crippen molar-refractivity contribution < 1.29 is 27.2 Å². The van der Waals surface area contributed by atoms with Gasteiger partial charge in [0.2, 0.25) is 10.0 Å². The van der Waals surface area contributed by atoms with Gasteiger partial charge < -0.3 is 14.1 Å². The fraction of sp³-hybridized carbons (Fsp3) is 0.350. The van der Waals surface area contributed by atoms with Crippen LogP contribution in [0.4, 0.5) is 0 Å². The van der Waals surface area contributed by atoms with Crippen LogP contribution in [0.5, 0.6) is 0 Å². The summed E-state index contributed by atoms with van der Waals surface area (Å²) in [7, 11) is -2.82. The highest BCUT2D eigenvalue weighted by molar-refractivity contribution is 7.89. The van der Waals surface area contributed by atoms with Gasteiger partial charge in [0.15, 0.2) is 0 Å². The molecule has 0 saturated carbocycles. The van der Waals surface area contributed by atoms with Gasteiger partial charge in [-0.05, 0) is 25.3 Å². The maximum Gasteiger partial charge on any atom is 0.342 e. The van der Waals surface area contributed by atoms with Crippen molar-refractivity contribution in [2.75, 3.05) is 33.3 Å². The number of piperazine rings is 1. The van der Waals surface area contributed by atoms with Crippen LogP contribution in [0.1, 0.15) is 31.6 Å². The summed E-state index contributed by atoms with van der Waals surface area (Å²) in [6, 6.07) is 3.88. The Morgan fingerprint density at radius 1 is 1.16 bits per heavy atom. The third kappa shape index (κ3) is 3.98. The Morgan fingerprint density at radius 3 is 2.50 bits per heavy atom. The monoisotopic (exact) mass is 495 g/mol. The Kier molecular flexibility index (Phi) is 6.21. The van der Waals surface area contributed by atoms with E-state index in [1.807, 2.05) is 17.5 Å². The van der Waals surface area contributed by atoms with Crippen molar-refractivity contribution in [2.24, 2.45) is 0 Å². The molecule has 0 N–H and O–H groups in total. The SMILES string of the molecule is COC(=O)c1c(C)oc(C)c1S(=O)(=O)N1CCN(C(=O)c2cnc(-c3cccs3)s2)CC1. The number of nitrogens with zero attached hydrogens (tertiary/aromatic N) is 3. The van der Waals surface area contributed by atoms with E-state index in [1.165, 1.54) is 36.6 Å². The molecule has 1 fully saturated rings. The molecule has 0 spiro atoms. The van der Waals surface area contributed by atoms with Gasteiger partial charge in [-0.25, -0.2) is 18.2 Å². The molecule has 1 amide bonds. The number of aryl methyl sites for hydroxylation is 2. The number of hydrogen-bond donors (Lipinski definition) is 0. The van der Waals surface area contributed by atoms with Crippen LogP contribution >= 0.6 is 22.7 Å². The van der Waals surface area contributed by atoms with Crippen LogP contribution in [0.15, 0.2) is 33.0 Å². The number of esters is 1. The second-order valence-corrected chi connectivity index (χ2v) is 11.0. The fourth-order valence-electron chi connectivity index (χ4n) is 3.62. The minimum atomic E-state index is -4.00. The first-order valence-corrected chi connectivity index (χ1v) is 12.8. The second kappa shape index (κ2) is 8.77. The van der Waals surface area contributed by atoms with Gasteiger partial charge in [0.05, 0.1) is 18.2 Å². The van der Waals surface area contributed by atoms with Gasteiger partial charge in [-0.3, -0.25) is 4.79 Å². The van der Waals surface area contributed by atoms with E-state index in [0.717, 1.165) is 9.88 Å². The Hall–Kier alpha value is -2.54. The molecule has 0 unspecified atom stereocenters. The van der Waals surface area contributed by atoms with Gasteiger partial charge in [0, 0.05) is 26.2 Å². The molecule has 9 nitrogen and oxygen atoms in total. The number of thiazole rings is 1. The van der Waals surface area contributed by atoms with Crippen LogP contribution in [0.2, 0.25) is 0 Å². The van der Waals surface area contributed by atoms with Crippen molar-refractivity contribution in [3.63, 3.8) is 0 Å². The van der Waals surface area contributed by atoms with Gasteiger partial charge in [-0.2, -0.15) is 4.31 Å². The Labute approximate surface area is 193 Å². The number of methoxy groups -OCH3 is 1. The average Bonchev–Trinajstić information content (AvgIpc) is 3.52. The number of furan rings is 1. The zero-order chi connectivity index (χ0) is 23.0. The van der Waals surface area contributed by atoms with Crippen LogP contribution in [0.25, 0.3) is 9.88 Å². The summed E-state index contributed by atoms with van der Waals surface area (Å²) < 4.78 is 38.0. The molecule has 3 aromatic rings. The predicted octanol–water partition coefficient (Wildman–Crippen LogP) is 3.01. The molecule has 1 aliphatic heterocycles. The smallest absolute Gasteiger partial charge is 0.342 e. The van der Waals surface area contributed by atoms with Crippen LogP contribution in [0, 0.1) is 13.8 Å². The summed E-state index contributed by atoms with van der Waals surface area (Å²) in [5.41, 5.74) is -0.0886. The number of thiophene rings is 1. The summed E-state index contributed by atoms with van der Waals surface area (Å²) in [6.07, 6.45) is 1.56. The van der Waals surface area contributed by atoms with Crippen molar-refractivity contribution in [1.82, 2.24) is 14.2 Å². The number of rotatable bonds is 5. The van der Waals surface area contributed by atoms with E-state index >= 15 is 0 Å². The minimum Gasteiger partial charge on any atom is -0.465 e. The lowest BCUT2D eigenvalue weighted by Gasteiger charge is -2.33. The minimum absolute atomic E-state index is 0.0886. The zero-order valence-corrected chi connectivity index (χ0v) is 20.1. The molecule has 32 heavy (non-hydrogen) atoms. The number of carbonyl (C=O) groups excluding carboxylic acids is 2. The van der Waals surface area contributed by atoms with Gasteiger partial charge in [-0.15, -0.1) is 22.7 Å². The van der Waals surface area contributed by atoms with E-state index in [4.69, 9.17) is 9.15 Å².